The lowest BCUT2D eigenvalue weighted by Gasteiger charge is -2.35. The highest BCUT2D eigenvalue weighted by atomic mass is 16.2. The molecule has 2 aromatic heterocycles. The van der Waals surface area contributed by atoms with Gasteiger partial charge in [0.2, 0.25) is 5.91 Å². The van der Waals surface area contributed by atoms with Crippen LogP contribution in [0.3, 0.4) is 0 Å². The molecule has 4 aromatic carbocycles. The molecule has 0 saturated carbocycles. The maximum absolute atomic E-state index is 11.6. The van der Waals surface area contributed by atoms with Gasteiger partial charge in [-0.2, -0.15) is 0 Å². The van der Waals surface area contributed by atoms with Crippen molar-refractivity contribution < 1.29 is 14.4 Å². The second-order valence-corrected chi connectivity index (χ2v) is 13.0. The molecule has 11 nitrogen and oxygen atoms in total. The van der Waals surface area contributed by atoms with E-state index in [2.05, 4.69) is 72.1 Å². The third-order valence-electron chi connectivity index (χ3n) is 9.70. The maximum Gasteiger partial charge on any atom is 0.219 e. The van der Waals surface area contributed by atoms with Gasteiger partial charge in [0.1, 0.15) is 12.7 Å². The number of rotatable bonds is 6. The van der Waals surface area contributed by atoms with Gasteiger partial charge < -0.3 is 20.0 Å². The summed E-state index contributed by atoms with van der Waals surface area (Å²) in [5.41, 5.74) is 9.49. The number of fused-ring (bicyclic) bond motifs is 2. The quantitative estimate of drug-likeness (QED) is 0.229. The second-order valence-electron chi connectivity index (χ2n) is 13.0. The molecule has 2 aliphatic heterocycles. The number of amides is 1. The number of benzene rings is 4. The molecule has 260 valence electrons. The predicted molar refractivity (Wildman–Crippen MR) is 202 cm³/mol. The molecule has 0 radical (unpaired) electrons. The molecule has 11 heteroatoms. The monoisotopic (exact) mass is 682 g/mol. The molecule has 51 heavy (non-hydrogen) atoms. The molecule has 1 amide bonds. The first-order valence-electron chi connectivity index (χ1n) is 17.4. The average molecular weight is 683 g/mol. The van der Waals surface area contributed by atoms with Crippen LogP contribution in [0, 0.1) is 0 Å². The fraction of sp³-hybridized carbons (Fsp3) is 0.275. The molecule has 0 unspecified atom stereocenters. The number of imidazole rings is 2. The van der Waals surface area contributed by atoms with Crippen LogP contribution in [0.2, 0.25) is 0 Å². The van der Waals surface area contributed by atoms with Gasteiger partial charge in [-0.3, -0.25) is 23.5 Å². The molecular weight excluding hydrogens is 640 g/mol. The van der Waals surface area contributed by atoms with Crippen molar-refractivity contribution in [2.24, 2.45) is 0 Å². The number of aromatic nitrogens is 4. The average Bonchev–Trinajstić information content (AvgIpc) is 3.80. The van der Waals surface area contributed by atoms with E-state index in [9.17, 15) is 14.4 Å². The predicted octanol–water partition coefficient (Wildman–Crippen LogP) is 5.53. The Morgan fingerprint density at radius 1 is 0.549 bits per heavy atom. The van der Waals surface area contributed by atoms with Crippen molar-refractivity contribution in [3.63, 3.8) is 0 Å². The first-order valence-corrected chi connectivity index (χ1v) is 17.4. The standard InChI is InChI=1S/C21H22N4O2.C19H20N4O/c1-15(26)17-6-7-21-20(12-17)22-14-25(21)19-5-3-4-18(13-19)24-10-8-23(9-11-24)16(2)27;1-14(24)15-5-6-19-18(11-15)21-13-23(19)17-4-2-3-16(12-17)22-9-7-20-8-10-22/h3-7,12-14H,8-11H2,1-2H3;2-6,11-13,20H,7-10H2,1H3. The Hall–Kier alpha value is -5.81. The number of nitrogens with one attached hydrogen (secondary N) is 1. The number of hydrogen-bond acceptors (Lipinski definition) is 8. The first-order chi connectivity index (χ1) is 24.7. The number of piperazine rings is 2. The van der Waals surface area contributed by atoms with Gasteiger partial charge in [-0.15, -0.1) is 0 Å². The minimum atomic E-state index is 0.0400. The minimum Gasteiger partial charge on any atom is -0.369 e. The van der Waals surface area contributed by atoms with Crippen LogP contribution >= 0.6 is 0 Å². The number of ketones is 2. The van der Waals surface area contributed by atoms with Crippen molar-refractivity contribution in [2.45, 2.75) is 20.8 Å². The third-order valence-corrected chi connectivity index (χ3v) is 9.70. The molecule has 8 rings (SSSR count). The zero-order chi connectivity index (χ0) is 35.5. The zero-order valence-electron chi connectivity index (χ0n) is 29.2. The van der Waals surface area contributed by atoms with Gasteiger partial charge in [0.15, 0.2) is 11.6 Å². The van der Waals surface area contributed by atoms with Gasteiger partial charge in [0.25, 0.3) is 0 Å². The molecule has 0 aliphatic carbocycles. The molecule has 2 aliphatic rings. The van der Waals surface area contributed by atoms with Crippen LogP contribution in [0.25, 0.3) is 33.4 Å². The largest absolute Gasteiger partial charge is 0.369 e. The molecule has 0 spiro atoms. The van der Waals surface area contributed by atoms with Crippen molar-refractivity contribution >= 4 is 50.9 Å². The Morgan fingerprint density at radius 2 is 1.00 bits per heavy atom. The van der Waals surface area contributed by atoms with E-state index in [-0.39, 0.29) is 17.5 Å². The van der Waals surface area contributed by atoms with E-state index in [1.54, 1.807) is 27.1 Å². The maximum atomic E-state index is 11.6. The van der Waals surface area contributed by atoms with Gasteiger partial charge in [-0.1, -0.05) is 12.1 Å². The lowest BCUT2D eigenvalue weighted by molar-refractivity contribution is -0.129. The summed E-state index contributed by atoms with van der Waals surface area (Å²) in [6.07, 6.45) is 3.62. The van der Waals surface area contributed by atoms with Crippen molar-refractivity contribution in [3.8, 4) is 11.4 Å². The number of Topliss-reactive ketones (excluding diaryl/α,β-unsaturated/α-hetero) is 2. The van der Waals surface area contributed by atoms with Crippen molar-refractivity contribution in [1.82, 2.24) is 29.3 Å². The summed E-state index contributed by atoms with van der Waals surface area (Å²) in [6, 6.07) is 28.2. The second kappa shape index (κ2) is 14.6. The molecule has 1 N–H and O–H groups in total. The summed E-state index contributed by atoms with van der Waals surface area (Å²) in [5, 5.41) is 3.38. The molecule has 2 saturated heterocycles. The van der Waals surface area contributed by atoms with E-state index >= 15 is 0 Å². The van der Waals surface area contributed by atoms with Crippen LogP contribution < -0.4 is 15.1 Å². The van der Waals surface area contributed by atoms with Gasteiger partial charge in [0, 0.05) is 93.2 Å². The summed E-state index contributed by atoms with van der Waals surface area (Å²) in [5.74, 6) is 0.239. The van der Waals surface area contributed by atoms with Crippen LogP contribution in [-0.4, -0.2) is 93.8 Å². The van der Waals surface area contributed by atoms with Gasteiger partial charge in [-0.25, -0.2) is 9.97 Å². The zero-order valence-corrected chi connectivity index (χ0v) is 29.2. The van der Waals surface area contributed by atoms with E-state index in [4.69, 9.17) is 0 Å². The smallest absolute Gasteiger partial charge is 0.219 e. The van der Waals surface area contributed by atoms with E-state index < -0.39 is 0 Å². The highest BCUT2D eigenvalue weighted by Gasteiger charge is 2.19. The van der Waals surface area contributed by atoms with Crippen LogP contribution in [0.5, 0.6) is 0 Å². The van der Waals surface area contributed by atoms with Crippen LogP contribution in [0.15, 0.2) is 97.6 Å². The van der Waals surface area contributed by atoms with Crippen LogP contribution in [0.1, 0.15) is 41.5 Å². The number of anilines is 2. The first kappa shape index (κ1) is 33.7. The Bertz CT molecular complexity index is 2220. The van der Waals surface area contributed by atoms with E-state index in [1.165, 1.54) is 5.69 Å². The Labute approximate surface area is 297 Å². The van der Waals surface area contributed by atoms with Crippen molar-refractivity contribution in [2.75, 3.05) is 62.2 Å². The van der Waals surface area contributed by atoms with Crippen LogP contribution in [-0.2, 0) is 4.79 Å². The molecule has 2 fully saturated rings. The molecule has 4 heterocycles. The van der Waals surface area contributed by atoms with E-state index in [0.717, 1.165) is 91.5 Å². The summed E-state index contributed by atoms with van der Waals surface area (Å²) in [6.45, 7) is 12.0. The van der Waals surface area contributed by atoms with Crippen molar-refractivity contribution in [1.29, 1.82) is 0 Å². The SMILES string of the molecule is CC(=O)c1ccc2c(c1)ncn2-c1cccc(N2CCN(C(C)=O)CC2)c1.CC(=O)c1ccc2c(c1)ncn2-c1cccc(N2CCNCC2)c1. The summed E-state index contributed by atoms with van der Waals surface area (Å²) < 4.78 is 4.11. The Kier molecular flexibility index (Phi) is 9.63. The summed E-state index contributed by atoms with van der Waals surface area (Å²) in [4.78, 5) is 50.2. The highest BCUT2D eigenvalue weighted by Crippen LogP contribution is 2.26. The highest BCUT2D eigenvalue weighted by molar-refractivity contribution is 5.98. The van der Waals surface area contributed by atoms with Crippen molar-refractivity contribution in [3.05, 3.63) is 109 Å². The fourth-order valence-corrected chi connectivity index (χ4v) is 6.76. The fourth-order valence-electron chi connectivity index (χ4n) is 6.76. The van der Waals surface area contributed by atoms with E-state index in [0.29, 0.717) is 11.1 Å². The van der Waals surface area contributed by atoms with Gasteiger partial charge in [0.05, 0.1) is 22.1 Å². The van der Waals surface area contributed by atoms with Gasteiger partial charge >= 0.3 is 0 Å². The third kappa shape index (κ3) is 7.25. The molecule has 0 atom stereocenters. The molecule has 6 aromatic rings. The normalized spacial score (nSPS) is 14.8. The Balaban J connectivity index is 0.000000160. The lowest BCUT2D eigenvalue weighted by atomic mass is 10.1. The van der Waals surface area contributed by atoms with Gasteiger partial charge in [-0.05, 0) is 86.6 Å². The lowest BCUT2D eigenvalue weighted by Crippen LogP contribution is -2.48. The number of carbonyl (C=O) groups excluding carboxylic acids is 3. The van der Waals surface area contributed by atoms with Crippen LogP contribution in [0.4, 0.5) is 11.4 Å². The summed E-state index contributed by atoms with van der Waals surface area (Å²) in [7, 11) is 0. The number of nitrogens with zero attached hydrogens (tertiary/aromatic N) is 7. The molecule has 0 bridgehead atoms. The minimum absolute atomic E-state index is 0.0400. The van der Waals surface area contributed by atoms with E-state index in [1.807, 2.05) is 58.3 Å². The number of hydrogen-bond donors (Lipinski definition) is 1. The summed E-state index contributed by atoms with van der Waals surface area (Å²) >= 11 is 0. The molecular formula is C40H42N8O3. The Morgan fingerprint density at radius 3 is 1.45 bits per heavy atom. The number of carbonyl (C=O) groups is 3. The topological polar surface area (TPSA) is 109 Å².